The highest BCUT2D eigenvalue weighted by molar-refractivity contribution is 8.14. The Morgan fingerprint density at radius 1 is 1.35 bits per heavy atom. The fourth-order valence-corrected chi connectivity index (χ4v) is 3.17. The maximum absolute atomic E-state index is 14.1. The molecule has 2 aliphatic heterocycles. The minimum absolute atomic E-state index is 0.301. The molecule has 1 aromatic rings. The summed E-state index contributed by atoms with van der Waals surface area (Å²) in [6.07, 6.45) is 2.19. The number of rotatable bonds is 2. The van der Waals surface area contributed by atoms with Crippen LogP contribution in [0.2, 0.25) is 0 Å². The number of amides is 1. The molecule has 3 rings (SSSR count). The predicted molar refractivity (Wildman–Crippen MR) is 80.1 cm³/mol. The Kier molecular flexibility index (Phi) is 3.91. The topological polar surface area (TPSA) is 44.7 Å². The molecule has 20 heavy (non-hydrogen) atoms. The molecule has 106 valence electrons. The number of carbonyl (C=O) groups is 1. The number of benzene rings is 1. The molecule has 4 nitrogen and oxygen atoms in total. The van der Waals surface area contributed by atoms with E-state index in [2.05, 4.69) is 10.3 Å². The van der Waals surface area contributed by atoms with Gasteiger partial charge in [-0.05, 0) is 31.0 Å². The molecule has 0 bridgehead atoms. The van der Waals surface area contributed by atoms with Crippen molar-refractivity contribution in [3.63, 3.8) is 0 Å². The SMILES string of the molecule is O=C(NC1=NCCS1)c1ccc(N2CCCC2)c(F)c1. The Morgan fingerprint density at radius 3 is 2.80 bits per heavy atom. The van der Waals surface area contributed by atoms with Gasteiger partial charge in [-0.1, -0.05) is 11.8 Å². The van der Waals surface area contributed by atoms with Gasteiger partial charge in [-0.15, -0.1) is 0 Å². The molecule has 2 heterocycles. The summed E-state index contributed by atoms with van der Waals surface area (Å²) in [7, 11) is 0. The van der Waals surface area contributed by atoms with Crippen molar-refractivity contribution < 1.29 is 9.18 Å². The van der Waals surface area contributed by atoms with Gasteiger partial charge < -0.3 is 10.2 Å². The average molecular weight is 293 g/mol. The number of halogens is 1. The fraction of sp³-hybridized carbons (Fsp3) is 0.429. The Morgan fingerprint density at radius 2 is 2.15 bits per heavy atom. The first kappa shape index (κ1) is 13.4. The monoisotopic (exact) mass is 293 g/mol. The molecule has 2 aliphatic rings. The highest BCUT2D eigenvalue weighted by atomic mass is 32.2. The van der Waals surface area contributed by atoms with Crippen LogP contribution in [-0.4, -0.2) is 36.5 Å². The van der Waals surface area contributed by atoms with Gasteiger partial charge in [0.15, 0.2) is 5.17 Å². The highest BCUT2D eigenvalue weighted by Gasteiger charge is 2.18. The van der Waals surface area contributed by atoms with E-state index in [1.165, 1.54) is 17.8 Å². The van der Waals surface area contributed by atoms with Gasteiger partial charge in [-0.25, -0.2) is 4.39 Å². The van der Waals surface area contributed by atoms with Crippen LogP contribution in [0.15, 0.2) is 23.2 Å². The molecular weight excluding hydrogens is 277 g/mol. The molecule has 1 saturated heterocycles. The predicted octanol–water partition coefficient (Wildman–Crippen LogP) is 2.26. The Labute approximate surface area is 121 Å². The van der Waals surface area contributed by atoms with Gasteiger partial charge in [-0.2, -0.15) is 0 Å². The molecule has 0 aliphatic carbocycles. The number of amidine groups is 1. The zero-order chi connectivity index (χ0) is 13.9. The summed E-state index contributed by atoms with van der Waals surface area (Å²) < 4.78 is 14.1. The zero-order valence-electron chi connectivity index (χ0n) is 11.1. The molecule has 0 saturated carbocycles. The molecule has 0 atom stereocenters. The van der Waals surface area contributed by atoms with Crippen LogP contribution in [0.1, 0.15) is 23.2 Å². The molecule has 1 aromatic carbocycles. The molecule has 0 aromatic heterocycles. The molecule has 1 amide bonds. The van der Waals surface area contributed by atoms with E-state index in [0.29, 0.717) is 16.4 Å². The molecule has 6 heteroatoms. The van der Waals surface area contributed by atoms with Gasteiger partial charge in [0.2, 0.25) is 0 Å². The van der Waals surface area contributed by atoms with Crippen LogP contribution in [0.4, 0.5) is 10.1 Å². The highest BCUT2D eigenvalue weighted by Crippen LogP contribution is 2.24. The van der Waals surface area contributed by atoms with Gasteiger partial charge in [0.25, 0.3) is 5.91 Å². The maximum Gasteiger partial charge on any atom is 0.257 e. The van der Waals surface area contributed by atoms with Gasteiger partial charge in [-0.3, -0.25) is 9.79 Å². The number of aliphatic imine (C=N–C) groups is 1. The van der Waals surface area contributed by atoms with Gasteiger partial charge in [0.1, 0.15) is 5.82 Å². The minimum atomic E-state index is -0.333. The second kappa shape index (κ2) is 5.83. The maximum atomic E-state index is 14.1. The van der Waals surface area contributed by atoms with Crippen LogP contribution in [-0.2, 0) is 0 Å². The molecule has 0 radical (unpaired) electrons. The first-order valence-electron chi connectivity index (χ1n) is 6.77. The summed E-state index contributed by atoms with van der Waals surface area (Å²) >= 11 is 1.51. The first-order valence-corrected chi connectivity index (χ1v) is 7.76. The molecule has 1 fully saturated rings. The van der Waals surface area contributed by atoms with Crippen LogP contribution in [0.3, 0.4) is 0 Å². The van der Waals surface area contributed by atoms with E-state index < -0.39 is 0 Å². The summed E-state index contributed by atoms with van der Waals surface area (Å²) in [6.45, 7) is 2.49. The second-order valence-electron chi connectivity index (χ2n) is 4.85. The summed E-state index contributed by atoms with van der Waals surface area (Å²) in [5.74, 6) is 0.253. The first-order chi connectivity index (χ1) is 9.74. The number of hydrogen-bond donors (Lipinski definition) is 1. The molecular formula is C14H16FN3OS. The normalized spacial score (nSPS) is 18.2. The lowest BCUT2D eigenvalue weighted by molar-refractivity contribution is 0.0977. The Bertz CT molecular complexity index is 555. The van der Waals surface area contributed by atoms with Crippen molar-refractivity contribution in [1.29, 1.82) is 0 Å². The van der Waals surface area contributed by atoms with Crippen LogP contribution in [0.25, 0.3) is 0 Å². The molecule has 0 unspecified atom stereocenters. The standard InChI is InChI=1S/C14H16FN3OS/c15-11-9-10(13(19)17-14-16-5-8-20-14)3-4-12(11)18-6-1-2-7-18/h3-4,9H,1-2,5-8H2,(H,16,17,19). The largest absolute Gasteiger partial charge is 0.369 e. The van der Waals surface area contributed by atoms with Crippen molar-refractivity contribution in [2.45, 2.75) is 12.8 Å². The average Bonchev–Trinajstić information content (AvgIpc) is 3.11. The van der Waals surface area contributed by atoms with Crippen molar-refractivity contribution in [2.75, 3.05) is 30.3 Å². The number of thioether (sulfide) groups is 1. The van der Waals surface area contributed by atoms with Gasteiger partial charge in [0.05, 0.1) is 12.2 Å². The third kappa shape index (κ3) is 2.80. The van der Waals surface area contributed by atoms with E-state index in [9.17, 15) is 9.18 Å². The fourth-order valence-electron chi connectivity index (χ4n) is 2.44. The van der Waals surface area contributed by atoms with E-state index in [4.69, 9.17) is 0 Å². The lowest BCUT2D eigenvalue weighted by Crippen LogP contribution is -2.27. The van der Waals surface area contributed by atoms with Crippen molar-refractivity contribution >= 4 is 28.5 Å². The van der Waals surface area contributed by atoms with E-state index in [1.54, 1.807) is 12.1 Å². The smallest absolute Gasteiger partial charge is 0.257 e. The molecule has 0 spiro atoms. The van der Waals surface area contributed by atoms with Crippen molar-refractivity contribution in [3.05, 3.63) is 29.6 Å². The van der Waals surface area contributed by atoms with E-state index in [0.717, 1.165) is 38.2 Å². The summed E-state index contributed by atoms with van der Waals surface area (Å²) in [5, 5.41) is 3.33. The quantitative estimate of drug-likeness (QED) is 0.909. The second-order valence-corrected chi connectivity index (χ2v) is 5.93. The number of carbonyl (C=O) groups excluding carboxylic acids is 1. The Hall–Kier alpha value is -1.56. The Balaban J connectivity index is 1.73. The van der Waals surface area contributed by atoms with Crippen molar-refractivity contribution in [3.8, 4) is 0 Å². The van der Waals surface area contributed by atoms with Crippen molar-refractivity contribution in [2.24, 2.45) is 4.99 Å². The van der Waals surface area contributed by atoms with E-state index in [1.807, 2.05) is 4.90 Å². The van der Waals surface area contributed by atoms with Gasteiger partial charge in [0, 0.05) is 24.4 Å². The molecule has 1 N–H and O–H groups in total. The third-order valence-electron chi connectivity index (χ3n) is 3.46. The summed E-state index contributed by atoms with van der Waals surface area (Å²) in [6, 6.07) is 4.68. The van der Waals surface area contributed by atoms with Crippen LogP contribution in [0.5, 0.6) is 0 Å². The van der Waals surface area contributed by atoms with Crippen LogP contribution < -0.4 is 10.2 Å². The number of nitrogens with zero attached hydrogens (tertiary/aromatic N) is 2. The third-order valence-corrected chi connectivity index (χ3v) is 4.35. The summed E-state index contributed by atoms with van der Waals surface area (Å²) in [4.78, 5) is 18.2. The zero-order valence-corrected chi connectivity index (χ0v) is 11.9. The lowest BCUT2D eigenvalue weighted by Gasteiger charge is -2.18. The van der Waals surface area contributed by atoms with Crippen molar-refractivity contribution in [1.82, 2.24) is 5.32 Å². The van der Waals surface area contributed by atoms with E-state index >= 15 is 0 Å². The van der Waals surface area contributed by atoms with Crippen LogP contribution in [0, 0.1) is 5.82 Å². The summed E-state index contributed by atoms with van der Waals surface area (Å²) in [5.41, 5.74) is 0.923. The van der Waals surface area contributed by atoms with Gasteiger partial charge >= 0.3 is 0 Å². The number of anilines is 1. The van der Waals surface area contributed by atoms with E-state index in [-0.39, 0.29) is 11.7 Å². The number of nitrogens with one attached hydrogen (secondary N) is 1. The lowest BCUT2D eigenvalue weighted by atomic mass is 10.1. The van der Waals surface area contributed by atoms with Crippen LogP contribution >= 0.6 is 11.8 Å². The minimum Gasteiger partial charge on any atom is -0.369 e. The number of hydrogen-bond acceptors (Lipinski definition) is 4.